The van der Waals surface area contributed by atoms with Gasteiger partial charge in [-0.05, 0) is 49.4 Å². The van der Waals surface area contributed by atoms with E-state index in [0.717, 1.165) is 11.3 Å². The van der Waals surface area contributed by atoms with Crippen LogP contribution in [0.5, 0.6) is 0 Å². The summed E-state index contributed by atoms with van der Waals surface area (Å²) in [6.07, 6.45) is 0. The number of benzene rings is 2. The van der Waals surface area contributed by atoms with E-state index in [9.17, 15) is 4.79 Å². The molecule has 1 amide bonds. The average Bonchev–Trinajstić information content (AvgIpc) is 3.15. The van der Waals surface area contributed by atoms with Crippen LogP contribution in [-0.4, -0.2) is 12.5 Å². The van der Waals surface area contributed by atoms with E-state index in [1.165, 1.54) is 21.6 Å². The van der Waals surface area contributed by atoms with Gasteiger partial charge in [-0.15, -0.1) is 11.3 Å². The first-order valence-electron chi connectivity index (χ1n) is 8.84. The first kappa shape index (κ1) is 18.4. The Balaban J connectivity index is 1.70. The van der Waals surface area contributed by atoms with E-state index < -0.39 is 0 Å². The molecule has 0 bridgehead atoms. The zero-order valence-corrected chi connectivity index (χ0v) is 16.3. The highest BCUT2D eigenvalue weighted by atomic mass is 32.1. The first-order chi connectivity index (χ1) is 12.5. The number of amides is 1. The SMILES string of the molecule is Cc1ccc([C@H]([NH2+]CC(=O)Nc2cccc(C)c2C)c2cccs2)cc1. The molecule has 3 N–H and O–H groups in total. The van der Waals surface area contributed by atoms with E-state index in [1.807, 2.05) is 19.1 Å². The lowest BCUT2D eigenvalue weighted by Crippen LogP contribution is -2.87. The molecule has 0 unspecified atom stereocenters. The highest BCUT2D eigenvalue weighted by Crippen LogP contribution is 2.23. The highest BCUT2D eigenvalue weighted by molar-refractivity contribution is 7.10. The highest BCUT2D eigenvalue weighted by Gasteiger charge is 2.20. The molecule has 0 spiro atoms. The minimum atomic E-state index is 0.0207. The molecule has 134 valence electrons. The second-order valence-corrected chi connectivity index (χ2v) is 7.62. The molecule has 26 heavy (non-hydrogen) atoms. The van der Waals surface area contributed by atoms with Crippen molar-refractivity contribution in [2.24, 2.45) is 0 Å². The van der Waals surface area contributed by atoms with Gasteiger partial charge in [0.25, 0.3) is 5.91 Å². The number of hydrogen-bond donors (Lipinski definition) is 2. The number of hydrogen-bond acceptors (Lipinski definition) is 2. The molecule has 2 aromatic carbocycles. The number of nitrogens with two attached hydrogens (primary N) is 1. The number of rotatable bonds is 6. The maximum absolute atomic E-state index is 12.5. The van der Waals surface area contributed by atoms with Gasteiger partial charge in [0, 0.05) is 11.3 Å². The summed E-state index contributed by atoms with van der Waals surface area (Å²) in [5.41, 5.74) is 5.66. The van der Waals surface area contributed by atoms with Crippen molar-refractivity contribution < 1.29 is 10.1 Å². The van der Waals surface area contributed by atoms with E-state index in [2.05, 4.69) is 72.3 Å². The number of carbonyl (C=O) groups excluding carboxylic acids is 1. The summed E-state index contributed by atoms with van der Waals surface area (Å²) in [6.45, 7) is 6.56. The third-order valence-electron chi connectivity index (χ3n) is 4.70. The molecule has 3 rings (SSSR count). The van der Waals surface area contributed by atoms with Crippen molar-refractivity contribution in [3.05, 3.63) is 87.1 Å². The number of nitrogens with one attached hydrogen (secondary N) is 1. The van der Waals surface area contributed by atoms with Crippen molar-refractivity contribution in [3.8, 4) is 0 Å². The number of carbonyl (C=O) groups is 1. The Morgan fingerprint density at radius 3 is 2.50 bits per heavy atom. The summed E-state index contributed by atoms with van der Waals surface area (Å²) in [7, 11) is 0. The standard InChI is InChI=1S/C22H24N2OS/c1-15-9-11-18(12-10-15)22(20-8-5-13-26-20)23-14-21(25)24-19-7-4-6-16(2)17(19)3/h4-13,22-23H,14H2,1-3H3,(H,24,25)/p+1/t22-/m0/s1. The molecule has 0 saturated carbocycles. The van der Waals surface area contributed by atoms with Gasteiger partial charge in [0.05, 0.1) is 4.88 Å². The summed E-state index contributed by atoms with van der Waals surface area (Å²) < 4.78 is 0. The van der Waals surface area contributed by atoms with Crippen molar-refractivity contribution in [3.63, 3.8) is 0 Å². The molecule has 1 aromatic heterocycles. The van der Waals surface area contributed by atoms with Gasteiger partial charge < -0.3 is 10.6 Å². The van der Waals surface area contributed by atoms with Crippen LogP contribution in [0.25, 0.3) is 0 Å². The predicted octanol–water partition coefficient (Wildman–Crippen LogP) is 3.96. The number of anilines is 1. The largest absolute Gasteiger partial charge is 0.328 e. The van der Waals surface area contributed by atoms with Gasteiger partial charge in [0.1, 0.15) is 6.04 Å². The van der Waals surface area contributed by atoms with E-state index in [0.29, 0.717) is 6.54 Å². The van der Waals surface area contributed by atoms with Crippen LogP contribution in [0.4, 0.5) is 5.69 Å². The molecule has 0 aliphatic rings. The summed E-state index contributed by atoms with van der Waals surface area (Å²) >= 11 is 1.73. The number of aryl methyl sites for hydroxylation is 2. The molecule has 1 atom stereocenters. The lowest BCUT2D eigenvalue weighted by atomic mass is 10.0. The van der Waals surface area contributed by atoms with Crippen LogP contribution in [0.3, 0.4) is 0 Å². The lowest BCUT2D eigenvalue weighted by molar-refractivity contribution is -0.675. The van der Waals surface area contributed by atoms with Gasteiger partial charge in [-0.2, -0.15) is 0 Å². The monoisotopic (exact) mass is 365 g/mol. The second kappa shape index (κ2) is 8.30. The fraction of sp³-hybridized carbons (Fsp3) is 0.227. The van der Waals surface area contributed by atoms with Crippen LogP contribution in [-0.2, 0) is 4.79 Å². The van der Waals surface area contributed by atoms with E-state index in [4.69, 9.17) is 0 Å². The quantitative estimate of drug-likeness (QED) is 0.682. The van der Waals surface area contributed by atoms with Gasteiger partial charge in [-0.1, -0.05) is 48.0 Å². The zero-order valence-electron chi connectivity index (χ0n) is 15.5. The van der Waals surface area contributed by atoms with Crippen molar-refractivity contribution in [1.82, 2.24) is 0 Å². The zero-order chi connectivity index (χ0) is 18.5. The number of quaternary nitrogens is 1. The first-order valence-corrected chi connectivity index (χ1v) is 9.72. The Kier molecular flexibility index (Phi) is 5.86. The normalized spacial score (nSPS) is 12.0. The Morgan fingerprint density at radius 2 is 1.81 bits per heavy atom. The minimum Gasteiger partial charge on any atom is -0.328 e. The smallest absolute Gasteiger partial charge is 0.279 e. The summed E-state index contributed by atoms with van der Waals surface area (Å²) in [5, 5.41) is 7.24. The molecule has 0 fully saturated rings. The van der Waals surface area contributed by atoms with Gasteiger partial charge in [-0.3, -0.25) is 4.79 Å². The van der Waals surface area contributed by atoms with E-state index in [-0.39, 0.29) is 11.9 Å². The van der Waals surface area contributed by atoms with Crippen LogP contribution < -0.4 is 10.6 Å². The van der Waals surface area contributed by atoms with E-state index in [1.54, 1.807) is 11.3 Å². The summed E-state index contributed by atoms with van der Waals surface area (Å²) in [4.78, 5) is 13.8. The molecular formula is C22H25N2OS+. The van der Waals surface area contributed by atoms with Crippen LogP contribution in [0, 0.1) is 20.8 Å². The molecule has 3 aromatic rings. The number of thiophene rings is 1. The molecular weight excluding hydrogens is 340 g/mol. The van der Waals surface area contributed by atoms with Crippen LogP contribution in [0.15, 0.2) is 60.0 Å². The Hall–Kier alpha value is -2.43. The van der Waals surface area contributed by atoms with Gasteiger partial charge in [0.2, 0.25) is 0 Å². The second-order valence-electron chi connectivity index (χ2n) is 6.64. The average molecular weight is 366 g/mol. The molecule has 0 radical (unpaired) electrons. The topological polar surface area (TPSA) is 45.7 Å². The molecule has 0 aliphatic heterocycles. The maximum atomic E-state index is 12.5. The van der Waals surface area contributed by atoms with Crippen molar-refractivity contribution >= 4 is 22.9 Å². The van der Waals surface area contributed by atoms with Crippen molar-refractivity contribution in [2.75, 3.05) is 11.9 Å². The molecule has 4 heteroatoms. The lowest BCUT2D eigenvalue weighted by Gasteiger charge is -2.16. The molecule has 0 aliphatic carbocycles. The maximum Gasteiger partial charge on any atom is 0.279 e. The van der Waals surface area contributed by atoms with Gasteiger partial charge in [-0.25, -0.2) is 0 Å². The van der Waals surface area contributed by atoms with Crippen molar-refractivity contribution in [1.29, 1.82) is 0 Å². The predicted molar refractivity (Wildman–Crippen MR) is 109 cm³/mol. The molecule has 3 nitrogen and oxygen atoms in total. The minimum absolute atomic E-state index is 0.0207. The van der Waals surface area contributed by atoms with Gasteiger partial charge >= 0.3 is 0 Å². The Labute approximate surface area is 159 Å². The van der Waals surface area contributed by atoms with Crippen LogP contribution in [0.1, 0.15) is 33.2 Å². The Bertz CT molecular complexity index is 870. The van der Waals surface area contributed by atoms with Crippen LogP contribution in [0.2, 0.25) is 0 Å². The Morgan fingerprint density at radius 1 is 1.04 bits per heavy atom. The summed E-state index contributed by atoms with van der Waals surface area (Å²) in [6, 6.07) is 18.9. The van der Waals surface area contributed by atoms with Crippen molar-refractivity contribution in [2.45, 2.75) is 26.8 Å². The third kappa shape index (κ3) is 4.40. The third-order valence-corrected chi connectivity index (χ3v) is 5.66. The fourth-order valence-corrected chi connectivity index (χ4v) is 3.82. The molecule has 0 saturated heterocycles. The van der Waals surface area contributed by atoms with Crippen LogP contribution >= 0.6 is 11.3 Å². The summed E-state index contributed by atoms with van der Waals surface area (Å²) in [5.74, 6) is 0.0207. The fourth-order valence-electron chi connectivity index (χ4n) is 2.97. The van der Waals surface area contributed by atoms with E-state index >= 15 is 0 Å². The molecule has 1 heterocycles. The van der Waals surface area contributed by atoms with Gasteiger partial charge in [0.15, 0.2) is 6.54 Å².